The van der Waals surface area contributed by atoms with Gasteiger partial charge in [-0.25, -0.2) is 9.89 Å². The second kappa shape index (κ2) is 8.61. The molecule has 0 saturated carbocycles. The van der Waals surface area contributed by atoms with Gasteiger partial charge in [-0.2, -0.15) is 18.2 Å². The van der Waals surface area contributed by atoms with E-state index in [0.717, 1.165) is 12.1 Å². The topological polar surface area (TPSA) is 98.8 Å². The van der Waals surface area contributed by atoms with E-state index in [4.69, 9.17) is 9.26 Å². The van der Waals surface area contributed by atoms with E-state index in [9.17, 15) is 18.0 Å². The maximum Gasteiger partial charge on any atom is 0.416 e. The van der Waals surface area contributed by atoms with Crippen LogP contribution in [0.5, 0.6) is 0 Å². The summed E-state index contributed by atoms with van der Waals surface area (Å²) in [6, 6.07) is 4.69. The molecule has 0 fully saturated rings. The van der Waals surface area contributed by atoms with Crippen molar-refractivity contribution in [3.8, 4) is 11.4 Å². The number of aromatic nitrogens is 5. The summed E-state index contributed by atoms with van der Waals surface area (Å²) in [5.41, 5.74) is -0.929. The molecular formula is C16H16F3N5O3S. The van der Waals surface area contributed by atoms with Crippen molar-refractivity contribution in [3.05, 3.63) is 46.2 Å². The van der Waals surface area contributed by atoms with Crippen LogP contribution in [-0.4, -0.2) is 38.6 Å². The Balaban J connectivity index is 1.69. The van der Waals surface area contributed by atoms with Gasteiger partial charge in [0, 0.05) is 25.8 Å². The average molecular weight is 415 g/mol. The van der Waals surface area contributed by atoms with Gasteiger partial charge in [-0.05, 0) is 18.6 Å². The second-order valence-corrected chi connectivity index (χ2v) is 6.63. The summed E-state index contributed by atoms with van der Waals surface area (Å²) >= 11 is 1.20. The van der Waals surface area contributed by atoms with Gasteiger partial charge < -0.3 is 9.26 Å². The molecule has 1 aromatic carbocycles. The van der Waals surface area contributed by atoms with Crippen LogP contribution in [0.2, 0.25) is 0 Å². The maximum atomic E-state index is 12.8. The molecule has 0 bridgehead atoms. The quantitative estimate of drug-likeness (QED) is 0.446. The monoisotopic (exact) mass is 415 g/mol. The van der Waals surface area contributed by atoms with Gasteiger partial charge in [0.25, 0.3) is 0 Å². The number of hydrogen-bond acceptors (Lipinski definition) is 7. The van der Waals surface area contributed by atoms with E-state index in [1.165, 1.54) is 28.5 Å². The lowest BCUT2D eigenvalue weighted by atomic mass is 10.1. The van der Waals surface area contributed by atoms with Crippen LogP contribution >= 0.6 is 11.8 Å². The number of rotatable bonds is 8. The third-order valence-corrected chi connectivity index (χ3v) is 4.66. The molecule has 12 heteroatoms. The largest absolute Gasteiger partial charge is 0.416 e. The Kier molecular flexibility index (Phi) is 6.19. The fourth-order valence-electron chi connectivity index (χ4n) is 2.37. The number of ether oxygens (including phenoxy) is 1. The first-order valence-electron chi connectivity index (χ1n) is 8.15. The molecule has 8 nitrogen and oxygen atoms in total. The van der Waals surface area contributed by atoms with E-state index < -0.39 is 11.7 Å². The Morgan fingerprint density at radius 3 is 2.93 bits per heavy atom. The fourth-order valence-corrected chi connectivity index (χ4v) is 3.18. The minimum atomic E-state index is -4.45. The van der Waals surface area contributed by atoms with Crippen LogP contribution in [-0.2, 0) is 23.2 Å². The number of hydrogen-bond donors (Lipinski definition) is 1. The highest BCUT2D eigenvalue weighted by atomic mass is 32.2. The smallest absolute Gasteiger partial charge is 0.385 e. The van der Waals surface area contributed by atoms with Crippen LogP contribution in [0.1, 0.15) is 17.9 Å². The van der Waals surface area contributed by atoms with Gasteiger partial charge in [-0.3, -0.25) is 4.57 Å². The minimum Gasteiger partial charge on any atom is -0.385 e. The highest BCUT2D eigenvalue weighted by molar-refractivity contribution is 7.98. The predicted molar refractivity (Wildman–Crippen MR) is 93.6 cm³/mol. The Labute approximate surface area is 161 Å². The number of halogens is 3. The van der Waals surface area contributed by atoms with Gasteiger partial charge in [0.05, 0.1) is 11.3 Å². The summed E-state index contributed by atoms with van der Waals surface area (Å²) in [5, 5.41) is 10.5. The van der Waals surface area contributed by atoms with Crippen molar-refractivity contribution in [3.63, 3.8) is 0 Å². The van der Waals surface area contributed by atoms with E-state index in [1.807, 2.05) is 0 Å². The molecule has 3 rings (SSSR count). The van der Waals surface area contributed by atoms with Crippen molar-refractivity contribution in [2.75, 3.05) is 13.7 Å². The van der Waals surface area contributed by atoms with Crippen molar-refractivity contribution in [2.24, 2.45) is 0 Å². The van der Waals surface area contributed by atoms with Gasteiger partial charge in [0.1, 0.15) is 0 Å². The van der Waals surface area contributed by atoms with Crippen LogP contribution in [0, 0.1) is 0 Å². The van der Waals surface area contributed by atoms with E-state index in [0.29, 0.717) is 24.7 Å². The number of benzene rings is 1. The first kappa shape index (κ1) is 20.1. The van der Waals surface area contributed by atoms with Gasteiger partial charge in [-0.1, -0.05) is 29.1 Å². The van der Waals surface area contributed by atoms with Crippen LogP contribution in [0.25, 0.3) is 11.4 Å². The summed E-state index contributed by atoms with van der Waals surface area (Å²) < 4.78 is 50.0. The zero-order valence-electron chi connectivity index (χ0n) is 14.7. The number of alkyl halides is 3. The normalized spacial score (nSPS) is 11.9. The molecule has 0 saturated heterocycles. The van der Waals surface area contributed by atoms with Crippen molar-refractivity contribution in [2.45, 2.75) is 30.1 Å². The summed E-state index contributed by atoms with van der Waals surface area (Å²) in [4.78, 5) is 15.9. The average Bonchev–Trinajstić information content (AvgIpc) is 3.27. The van der Waals surface area contributed by atoms with E-state index in [-0.39, 0.29) is 28.7 Å². The van der Waals surface area contributed by atoms with E-state index >= 15 is 0 Å². The number of methoxy groups -OCH3 is 1. The fraction of sp³-hybridized carbons (Fsp3) is 0.375. The van der Waals surface area contributed by atoms with Crippen LogP contribution in [0.3, 0.4) is 0 Å². The molecule has 0 aliphatic heterocycles. The summed E-state index contributed by atoms with van der Waals surface area (Å²) in [7, 11) is 1.57. The molecule has 3 aromatic rings. The van der Waals surface area contributed by atoms with Crippen LogP contribution in [0.15, 0.2) is 38.7 Å². The summed E-state index contributed by atoms with van der Waals surface area (Å²) in [6.45, 7) is 0.941. The number of H-pyrrole nitrogens is 1. The van der Waals surface area contributed by atoms with Gasteiger partial charge in [-0.15, -0.1) is 5.10 Å². The van der Waals surface area contributed by atoms with Crippen LogP contribution in [0.4, 0.5) is 13.2 Å². The molecule has 0 unspecified atom stereocenters. The minimum absolute atomic E-state index is 0.0567. The van der Waals surface area contributed by atoms with E-state index in [2.05, 4.69) is 20.3 Å². The highest BCUT2D eigenvalue weighted by Crippen LogP contribution is 2.31. The first-order chi connectivity index (χ1) is 13.4. The number of thioether (sulfide) groups is 1. The highest BCUT2D eigenvalue weighted by Gasteiger charge is 2.30. The molecule has 0 radical (unpaired) electrons. The number of aromatic amines is 1. The molecule has 150 valence electrons. The van der Waals surface area contributed by atoms with Crippen molar-refractivity contribution >= 4 is 11.8 Å². The van der Waals surface area contributed by atoms with Gasteiger partial charge >= 0.3 is 11.9 Å². The van der Waals surface area contributed by atoms with Crippen molar-refractivity contribution < 1.29 is 22.4 Å². The molecule has 0 spiro atoms. The third-order valence-electron chi connectivity index (χ3n) is 3.69. The number of nitrogens with one attached hydrogen (secondary N) is 1. The van der Waals surface area contributed by atoms with Gasteiger partial charge in [0.15, 0.2) is 5.16 Å². The SMILES string of the molecule is COCCCn1c(SCc2nc(-c3cccc(C(F)(F)F)c3)no2)n[nH]c1=O. The molecule has 1 N–H and O–H groups in total. The van der Waals surface area contributed by atoms with Crippen molar-refractivity contribution in [1.29, 1.82) is 0 Å². The Hall–Kier alpha value is -2.60. The lowest BCUT2D eigenvalue weighted by Gasteiger charge is -2.06. The summed E-state index contributed by atoms with van der Waals surface area (Å²) in [5.74, 6) is 0.470. The van der Waals surface area contributed by atoms with Crippen molar-refractivity contribution in [1.82, 2.24) is 24.9 Å². The third kappa shape index (κ3) is 4.81. The molecule has 0 aliphatic rings. The first-order valence-corrected chi connectivity index (χ1v) is 9.14. The molecular weight excluding hydrogens is 399 g/mol. The Morgan fingerprint density at radius 1 is 1.36 bits per heavy atom. The Bertz CT molecular complexity index is 982. The Morgan fingerprint density at radius 2 is 2.18 bits per heavy atom. The molecule has 0 atom stereocenters. The van der Waals surface area contributed by atoms with E-state index in [1.54, 1.807) is 7.11 Å². The maximum absolute atomic E-state index is 12.8. The standard InChI is InChI=1S/C16H16F3N5O3S/c1-26-7-3-6-24-14(25)21-22-15(24)28-9-12-20-13(23-27-12)10-4-2-5-11(8-10)16(17,18)19/h2,4-5,8H,3,6-7,9H2,1H3,(H,21,25). The molecule has 0 amide bonds. The molecule has 2 heterocycles. The molecule has 2 aromatic heterocycles. The zero-order chi connectivity index (χ0) is 20.1. The van der Waals surface area contributed by atoms with Crippen LogP contribution < -0.4 is 5.69 Å². The number of nitrogens with zero attached hydrogens (tertiary/aromatic N) is 4. The molecule has 28 heavy (non-hydrogen) atoms. The lowest BCUT2D eigenvalue weighted by molar-refractivity contribution is -0.137. The second-order valence-electron chi connectivity index (χ2n) is 5.69. The lowest BCUT2D eigenvalue weighted by Crippen LogP contribution is -2.18. The van der Waals surface area contributed by atoms with Gasteiger partial charge in [0.2, 0.25) is 11.7 Å². The summed E-state index contributed by atoms with van der Waals surface area (Å²) in [6.07, 6.45) is -3.81. The zero-order valence-corrected chi connectivity index (χ0v) is 15.5. The predicted octanol–water partition coefficient (Wildman–Crippen LogP) is 2.97. The molecule has 0 aliphatic carbocycles.